The molecule has 1 aromatic heterocycles. The van der Waals surface area contributed by atoms with E-state index < -0.39 is 30.3 Å². The minimum Gasteiger partial charge on any atom is -0.444 e. The number of hydrogen-bond acceptors (Lipinski definition) is 5. The Morgan fingerprint density at radius 3 is 2.43 bits per heavy atom. The van der Waals surface area contributed by atoms with Crippen LogP contribution in [0, 0.1) is 6.92 Å². The number of halogens is 3. The molecular weight excluding hydrogens is 307 g/mol. The summed E-state index contributed by atoms with van der Waals surface area (Å²) in [6, 6.07) is 0. The van der Waals surface area contributed by atoms with Crippen LogP contribution in [0.25, 0.3) is 0 Å². The number of carbonyl (C=O) groups excluding carboxylic acids is 1. The first kappa shape index (κ1) is 17.7. The van der Waals surface area contributed by atoms with Crippen molar-refractivity contribution < 1.29 is 22.7 Å². The van der Waals surface area contributed by atoms with Gasteiger partial charge in [0, 0.05) is 11.4 Å². The van der Waals surface area contributed by atoms with Gasteiger partial charge in [-0.3, -0.25) is 5.32 Å². The molecule has 1 heterocycles. The van der Waals surface area contributed by atoms with Crippen molar-refractivity contribution in [3.8, 4) is 0 Å². The van der Waals surface area contributed by atoms with Crippen LogP contribution in [0.3, 0.4) is 0 Å². The molecule has 5 nitrogen and oxygen atoms in total. The Morgan fingerprint density at radius 1 is 1.43 bits per heavy atom. The van der Waals surface area contributed by atoms with E-state index in [4.69, 9.17) is 10.5 Å². The quantitative estimate of drug-likeness (QED) is 0.893. The van der Waals surface area contributed by atoms with Crippen LogP contribution in [-0.2, 0) is 4.74 Å². The summed E-state index contributed by atoms with van der Waals surface area (Å²) in [7, 11) is 0. The van der Waals surface area contributed by atoms with E-state index in [-0.39, 0.29) is 15.7 Å². The fourth-order valence-electron chi connectivity index (χ4n) is 1.57. The van der Waals surface area contributed by atoms with Gasteiger partial charge in [0.25, 0.3) is 0 Å². The Morgan fingerprint density at radius 2 is 2.00 bits per heavy atom. The van der Waals surface area contributed by atoms with Crippen LogP contribution in [-0.4, -0.2) is 29.4 Å². The summed E-state index contributed by atoms with van der Waals surface area (Å²) in [4.78, 5) is 15.5. The summed E-state index contributed by atoms with van der Waals surface area (Å²) < 4.78 is 43.6. The van der Waals surface area contributed by atoms with Crippen LogP contribution in [0.5, 0.6) is 0 Å². The molecule has 1 unspecified atom stereocenters. The molecule has 0 radical (unpaired) electrons. The van der Waals surface area contributed by atoms with Crippen LogP contribution < -0.4 is 11.1 Å². The highest BCUT2D eigenvalue weighted by Gasteiger charge is 2.42. The summed E-state index contributed by atoms with van der Waals surface area (Å²) in [5.74, 6) is -1.79. The van der Waals surface area contributed by atoms with E-state index in [1.165, 1.54) is 6.92 Å². The topological polar surface area (TPSA) is 77.2 Å². The third-order valence-corrected chi connectivity index (χ3v) is 3.57. The number of alkyl halides is 3. The van der Waals surface area contributed by atoms with Gasteiger partial charge in [-0.15, -0.1) is 11.3 Å². The number of thiazole rings is 1. The maximum Gasteiger partial charge on any atom is 0.413 e. The van der Waals surface area contributed by atoms with Crippen LogP contribution in [0.1, 0.15) is 37.3 Å². The van der Waals surface area contributed by atoms with Crippen molar-refractivity contribution in [2.75, 3.05) is 11.9 Å². The number of amides is 1. The number of aryl methyl sites for hydroxylation is 1. The molecule has 3 N–H and O–H groups in total. The van der Waals surface area contributed by atoms with Gasteiger partial charge in [0.15, 0.2) is 5.13 Å². The van der Waals surface area contributed by atoms with Crippen molar-refractivity contribution in [1.29, 1.82) is 0 Å². The highest BCUT2D eigenvalue weighted by atomic mass is 32.1. The van der Waals surface area contributed by atoms with Crippen molar-refractivity contribution in [2.24, 2.45) is 5.73 Å². The summed E-state index contributed by atoms with van der Waals surface area (Å²) in [6.45, 7) is 5.91. The van der Waals surface area contributed by atoms with E-state index in [1.807, 2.05) is 0 Å². The third kappa shape index (κ3) is 5.16. The molecule has 1 rings (SSSR count). The van der Waals surface area contributed by atoms with Crippen molar-refractivity contribution in [3.63, 3.8) is 0 Å². The predicted octanol–water partition coefficient (Wildman–Crippen LogP) is 3.40. The molecule has 0 aliphatic heterocycles. The lowest BCUT2D eigenvalue weighted by Gasteiger charge is -2.19. The lowest BCUT2D eigenvalue weighted by Crippen LogP contribution is -2.27. The van der Waals surface area contributed by atoms with Crippen LogP contribution >= 0.6 is 11.3 Å². The number of carbonyl (C=O) groups is 1. The fourth-order valence-corrected chi connectivity index (χ4v) is 2.66. The number of nitrogens with zero attached hydrogens (tertiary/aromatic N) is 1. The Balaban J connectivity index is 2.90. The molecule has 120 valence electrons. The Labute approximate surface area is 124 Å². The van der Waals surface area contributed by atoms with Gasteiger partial charge in [-0.05, 0) is 27.7 Å². The monoisotopic (exact) mass is 325 g/mol. The van der Waals surface area contributed by atoms with Crippen molar-refractivity contribution in [2.45, 2.75) is 45.4 Å². The zero-order valence-corrected chi connectivity index (χ0v) is 13.0. The van der Waals surface area contributed by atoms with Crippen molar-refractivity contribution >= 4 is 22.6 Å². The normalized spacial score (nSPS) is 13.9. The van der Waals surface area contributed by atoms with E-state index in [0.717, 1.165) is 11.3 Å². The molecule has 1 aromatic rings. The van der Waals surface area contributed by atoms with Gasteiger partial charge in [0.1, 0.15) is 11.5 Å². The maximum absolute atomic E-state index is 12.9. The summed E-state index contributed by atoms with van der Waals surface area (Å²) in [5.41, 5.74) is 4.69. The number of anilines is 1. The fraction of sp³-hybridized carbons (Fsp3) is 0.667. The van der Waals surface area contributed by atoms with Crippen molar-refractivity contribution in [1.82, 2.24) is 4.98 Å². The lowest BCUT2D eigenvalue weighted by molar-refractivity contribution is -0.147. The van der Waals surface area contributed by atoms with Crippen LogP contribution in [0.2, 0.25) is 0 Å². The van der Waals surface area contributed by atoms with Gasteiger partial charge in [-0.25, -0.2) is 9.78 Å². The average Bonchev–Trinajstić information content (AvgIpc) is 2.55. The molecule has 0 spiro atoms. The average molecular weight is 325 g/mol. The van der Waals surface area contributed by atoms with E-state index in [9.17, 15) is 18.0 Å². The highest BCUT2D eigenvalue weighted by Crippen LogP contribution is 2.39. The molecule has 1 amide bonds. The van der Waals surface area contributed by atoms with Gasteiger partial charge in [-0.1, -0.05) is 0 Å². The molecule has 0 aromatic carbocycles. The standard InChI is InChI=1S/C12H18F3N3O2S/c1-6-8(7(5-16)12(13,14)15)21-9(17-6)18-10(19)20-11(2,3)4/h7H,5,16H2,1-4H3,(H,17,18,19). The second-order valence-electron chi connectivity index (χ2n) is 5.43. The molecule has 0 saturated carbocycles. The SMILES string of the molecule is Cc1nc(NC(=O)OC(C)(C)C)sc1C(CN)C(F)(F)F. The minimum absolute atomic E-state index is 0.00365. The summed E-state index contributed by atoms with van der Waals surface area (Å²) in [6.07, 6.45) is -5.21. The highest BCUT2D eigenvalue weighted by molar-refractivity contribution is 7.16. The maximum atomic E-state index is 12.9. The summed E-state index contributed by atoms with van der Waals surface area (Å²) in [5, 5.41) is 2.38. The zero-order valence-electron chi connectivity index (χ0n) is 12.2. The van der Waals surface area contributed by atoms with E-state index >= 15 is 0 Å². The Bertz CT molecular complexity index is 509. The van der Waals surface area contributed by atoms with Crippen LogP contribution in [0.15, 0.2) is 0 Å². The molecule has 0 fully saturated rings. The van der Waals surface area contributed by atoms with Gasteiger partial charge >= 0.3 is 12.3 Å². The molecule has 0 aliphatic rings. The minimum atomic E-state index is -4.45. The van der Waals surface area contributed by atoms with E-state index in [2.05, 4.69) is 10.3 Å². The van der Waals surface area contributed by atoms with Gasteiger partial charge in [0.2, 0.25) is 0 Å². The number of nitrogens with two attached hydrogens (primary N) is 1. The first-order chi connectivity index (χ1) is 9.44. The molecule has 1 atom stereocenters. The second kappa shape index (κ2) is 6.18. The number of nitrogens with one attached hydrogen (secondary N) is 1. The summed E-state index contributed by atoms with van der Waals surface area (Å²) >= 11 is 0.750. The third-order valence-electron chi connectivity index (χ3n) is 2.39. The van der Waals surface area contributed by atoms with Gasteiger partial charge in [0.05, 0.1) is 5.69 Å². The molecular formula is C12H18F3N3O2S. The van der Waals surface area contributed by atoms with Gasteiger partial charge < -0.3 is 10.5 Å². The Hall–Kier alpha value is -1.35. The molecule has 0 bridgehead atoms. The molecule has 0 aliphatic carbocycles. The van der Waals surface area contributed by atoms with E-state index in [1.54, 1.807) is 20.8 Å². The number of hydrogen-bond donors (Lipinski definition) is 2. The molecule has 21 heavy (non-hydrogen) atoms. The first-order valence-corrected chi connectivity index (χ1v) is 7.00. The van der Waals surface area contributed by atoms with Crippen LogP contribution in [0.4, 0.5) is 23.1 Å². The smallest absolute Gasteiger partial charge is 0.413 e. The number of rotatable bonds is 3. The largest absolute Gasteiger partial charge is 0.444 e. The Kier molecular flexibility index (Phi) is 5.21. The second-order valence-corrected chi connectivity index (χ2v) is 6.46. The molecule has 9 heteroatoms. The number of ether oxygens (including phenoxy) is 1. The van der Waals surface area contributed by atoms with Gasteiger partial charge in [-0.2, -0.15) is 13.2 Å². The number of aromatic nitrogens is 1. The van der Waals surface area contributed by atoms with Crippen molar-refractivity contribution in [3.05, 3.63) is 10.6 Å². The lowest BCUT2D eigenvalue weighted by atomic mass is 10.1. The molecule has 0 saturated heterocycles. The predicted molar refractivity (Wildman–Crippen MR) is 74.6 cm³/mol. The first-order valence-electron chi connectivity index (χ1n) is 6.18. The van der Waals surface area contributed by atoms with E-state index in [0.29, 0.717) is 0 Å². The zero-order chi connectivity index (χ0) is 16.4.